The maximum atomic E-state index is 13.0. The molecule has 0 amide bonds. The molecule has 0 bridgehead atoms. The molecular weight excluding hydrogens is 279 g/mol. The molecule has 0 aliphatic carbocycles. The molecule has 0 spiro atoms. The van der Waals surface area contributed by atoms with E-state index in [-0.39, 0.29) is 5.56 Å². The van der Waals surface area contributed by atoms with Gasteiger partial charge in [-0.05, 0) is 45.1 Å². The fourth-order valence-electron chi connectivity index (χ4n) is 2.67. The fraction of sp³-hybridized carbons (Fsp3) is 0.533. The quantitative estimate of drug-likeness (QED) is 0.840. The molecule has 114 valence electrons. The lowest BCUT2D eigenvalue weighted by Gasteiger charge is -2.37. The number of likely N-dealkylation sites (N-methyl/N-ethyl adjacent to an activating group) is 1. The average molecular weight is 297 g/mol. The molecule has 1 heterocycles. The van der Waals surface area contributed by atoms with Crippen LogP contribution in [0.5, 0.6) is 0 Å². The molecular formula is C15H18F3N3. The first kappa shape index (κ1) is 15.6. The summed E-state index contributed by atoms with van der Waals surface area (Å²) >= 11 is 0. The zero-order valence-corrected chi connectivity index (χ0v) is 12.1. The highest BCUT2D eigenvalue weighted by Crippen LogP contribution is 2.35. The largest absolute Gasteiger partial charge is 0.417 e. The van der Waals surface area contributed by atoms with Crippen LogP contribution in [-0.2, 0) is 6.18 Å². The molecule has 0 radical (unpaired) electrons. The van der Waals surface area contributed by atoms with E-state index in [1.54, 1.807) is 12.1 Å². The molecule has 1 unspecified atom stereocenters. The molecule has 21 heavy (non-hydrogen) atoms. The van der Waals surface area contributed by atoms with Gasteiger partial charge < -0.3 is 9.80 Å². The SMILES string of the molecule is CN(C)C1CCCN(c2ccc(C#N)c(C(F)(F)F)c2)C1. The van der Waals surface area contributed by atoms with Gasteiger partial charge in [-0.1, -0.05) is 0 Å². The lowest BCUT2D eigenvalue weighted by atomic mass is 10.0. The van der Waals surface area contributed by atoms with Gasteiger partial charge in [0.15, 0.2) is 0 Å². The standard InChI is InChI=1S/C15H18F3N3/c1-20(2)13-4-3-7-21(10-13)12-6-5-11(9-19)14(8-12)15(16,17)18/h5-6,8,13H,3-4,7,10H2,1-2H3. The number of anilines is 1. The summed E-state index contributed by atoms with van der Waals surface area (Å²) in [6.07, 6.45) is -2.51. The molecule has 1 fully saturated rings. The van der Waals surface area contributed by atoms with Crippen molar-refractivity contribution in [2.45, 2.75) is 25.1 Å². The summed E-state index contributed by atoms with van der Waals surface area (Å²) in [5, 5.41) is 8.83. The van der Waals surface area contributed by atoms with Crippen molar-refractivity contribution in [1.82, 2.24) is 4.90 Å². The predicted octanol–water partition coefficient (Wildman–Crippen LogP) is 3.11. The number of halogens is 3. The van der Waals surface area contributed by atoms with Crippen LogP contribution < -0.4 is 4.90 Å². The third-order valence-electron chi connectivity index (χ3n) is 3.92. The molecule has 1 atom stereocenters. The number of rotatable bonds is 2. The van der Waals surface area contributed by atoms with E-state index in [1.807, 2.05) is 19.0 Å². The molecule has 0 aromatic heterocycles. The van der Waals surface area contributed by atoms with Crippen LogP contribution in [0.3, 0.4) is 0 Å². The van der Waals surface area contributed by atoms with Gasteiger partial charge in [0.1, 0.15) is 0 Å². The summed E-state index contributed by atoms with van der Waals surface area (Å²) in [6, 6.07) is 5.91. The topological polar surface area (TPSA) is 30.3 Å². The fourth-order valence-corrected chi connectivity index (χ4v) is 2.67. The number of hydrogen-bond acceptors (Lipinski definition) is 3. The van der Waals surface area contributed by atoms with Crippen LogP contribution in [0.1, 0.15) is 24.0 Å². The Morgan fingerprint density at radius 1 is 1.33 bits per heavy atom. The van der Waals surface area contributed by atoms with E-state index in [1.165, 1.54) is 6.07 Å². The van der Waals surface area contributed by atoms with E-state index in [2.05, 4.69) is 4.90 Å². The van der Waals surface area contributed by atoms with Gasteiger partial charge >= 0.3 is 6.18 Å². The molecule has 0 N–H and O–H groups in total. The Labute approximate surface area is 122 Å². The summed E-state index contributed by atoms with van der Waals surface area (Å²) in [4.78, 5) is 4.06. The average Bonchev–Trinajstić information content (AvgIpc) is 2.45. The van der Waals surface area contributed by atoms with Crippen molar-refractivity contribution in [1.29, 1.82) is 5.26 Å². The number of alkyl halides is 3. The second-order valence-corrected chi connectivity index (χ2v) is 5.55. The zero-order chi connectivity index (χ0) is 15.6. The third kappa shape index (κ3) is 3.48. The summed E-state index contributed by atoms with van der Waals surface area (Å²) in [7, 11) is 3.96. The highest BCUT2D eigenvalue weighted by Gasteiger charge is 2.34. The molecule has 1 saturated heterocycles. The summed E-state index contributed by atoms with van der Waals surface area (Å²) < 4.78 is 39.0. The highest BCUT2D eigenvalue weighted by atomic mass is 19.4. The smallest absolute Gasteiger partial charge is 0.370 e. The van der Waals surface area contributed by atoms with Gasteiger partial charge in [0.2, 0.25) is 0 Å². The Kier molecular flexibility index (Phi) is 4.43. The van der Waals surface area contributed by atoms with Gasteiger partial charge in [0, 0.05) is 24.8 Å². The molecule has 6 heteroatoms. The van der Waals surface area contributed by atoms with Crippen molar-refractivity contribution in [3.8, 4) is 6.07 Å². The van der Waals surface area contributed by atoms with Crippen molar-refractivity contribution in [2.24, 2.45) is 0 Å². The summed E-state index contributed by atoms with van der Waals surface area (Å²) in [5.41, 5.74) is -0.644. The maximum absolute atomic E-state index is 13.0. The second kappa shape index (κ2) is 5.94. The number of nitrogens with zero attached hydrogens (tertiary/aromatic N) is 3. The minimum atomic E-state index is -4.50. The van der Waals surface area contributed by atoms with Crippen LogP contribution in [0.15, 0.2) is 18.2 Å². The van der Waals surface area contributed by atoms with Gasteiger partial charge in [0.05, 0.1) is 17.2 Å². The zero-order valence-electron chi connectivity index (χ0n) is 12.1. The van der Waals surface area contributed by atoms with Crippen LogP contribution in [0.4, 0.5) is 18.9 Å². The maximum Gasteiger partial charge on any atom is 0.417 e. The molecule has 3 nitrogen and oxygen atoms in total. The number of benzene rings is 1. The van der Waals surface area contributed by atoms with Gasteiger partial charge in [-0.15, -0.1) is 0 Å². The van der Waals surface area contributed by atoms with Crippen LogP contribution in [0.25, 0.3) is 0 Å². The second-order valence-electron chi connectivity index (χ2n) is 5.55. The van der Waals surface area contributed by atoms with E-state index in [0.29, 0.717) is 18.3 Å². The van der Waals surface area contributed by atoms with Crippen molar-refractivity contribution < 1.29 is 13.2 Å². The first-order valence-corrected chi connectivity index (χ1v) is 6.85. The first-order chi connectivity index (χ1) is 9.82. The van der Waals surface area contributed by atoms with Crippen molar-refractivity contribution in [3.05, 3.63) is 29.3 Å². The Morgan fingerprint density at radius 2 is 2.05 bits per heavy atom. The van der Waals surface area contributed by atoms with E-state index in [0.717, 1.165) is 25.5 Å². The molecule has 1 aliphatic heterocycles. The van der Waals surface area contributed by atoms with E-state index < -0.39 is 11.7 Å². The highest BCUT2D eigenvalue weighted by molar-refractivity contribution is 5.55. The van der Waals surface area contributed by atoms with Crippen molar-refractivity contribution in [2.75, 3.05) is 32.1 Å². The lowest BCUT2D eigenvalue weighted by Crippen LogP contribution is -2.45. The number of piperidine rings is 1. The Bertz CT molecular complexity index is 546. The van der Waals surface area contributed by atoms with Crippen LogP contribution in [-0.4, -0.2) is 38.1 Å². The monoisotopic (exact) mass is 297 g/mol. The van der Waals surface area contributed by atoms with Crippen LogP contribution in [0, 0.1) is 11.3 Å². The molecule has 1 aromatic rings. The number of nitriles is 1. The van der Waals surface area contributed by atoms with Gasteiger partial charge in [-0.25, -0.2) is 0 Å². The van der Waals surface area contributed by atoms with Crippen LogP contribution >= 0.6 is 0 Å². The Balaban J connectivity index is 2.31. The summed E-state index contributed by atoms with van der Waals surface area (Å²) in [6.45, 7) is 1.45. The molecule has 1 aliphatic rings. The van der Waals surface area contributed by atoms with Crippen molar-refractivity contribution in [3.63, 3.8) is 0 Å². The predicted molar refractivity (Wildman–Crippen MR) is 75.1 cm³/mol. The van der Waals surface area contributed by atoms with Gasteiger partial charge in [-0.2, -0.15) is 18.4 Å². The summed E-state index contributed by atoms with van der Waals surface area (Å²) in [5.74, 6) is 0. The van der Waals surface area contributed by atoms with Gasteiger partial charge in [-0.3, -0.25) is 0 Å². The first-order valence-electron chi connectivity index (χ1n) is 6.85. The Morgan fingerprint density at radius 3 is 2.62 bits per heavy atom. The van der Waals surface area contributed by atoms with E-state index >= 15 is 0 Å². The van der Waals surface area contributed by atoms with Gasteiger partial charge in [0.25, 0.3) is 0 Å². The minimum absolute atomic E-state index is 0.326. The molecule has 0 saturated carbocycles. The van der Waals surface area contributed by atoms with E-state index in [9.17, 15) is 13.2 Å². The Hall–Kier alpha value is -1.74. The normalized spacial score (nSPS) is 19.7. The van der Waals surface area contributed by atoms with Crippen molar-refractivity contribution >= 4 is 5.69 Å². The third-order valence-corrected chi connectivity index (χ3v) is 3.92. The molecule has 1 aromatic carbocycles. The van der Waals surface area contributed by atoms with Crippen LogP contribution in [0.2, 0.25) is 0 Å². The minimum Gasteiger partial charge on any atom is -0.370 e. The lowest BCUT2D eigenvalue weighted by molar-refractivity contribution is -0.137. The number of hydrogen-bond donors (Lipinski definition) is 0. The van der Waals surface area contributed by atoms with E-state index in [4.69, 9.17) is 5.26 Å². The molecule has 2 rings (SSSR count).